The van der Waals surface area contributed by atoms with Gasteiger partial charge in [-0.15, -0.1) is 0 Å². The molecule has 1 amide bonds. The lowest BCUT2D eigenvalue weighted by molar-refractivity contribution is -0.140. The number of rotatable bonds is 9. The van der Waals surface area contributed by atoms with Crippen LogP contribution in [0.15, 0.2) is 54.1 Å². The molecule has 1 aliphatic heterocycles. The van der Waals surface area contributed by atoms with Gasteiger partial charge in [0.25, 0.3) is 11.7 Å². The van der Waals surface area contributed by atoms with Crippen molar-refractivity contribution in [1.29, 1.82) is 0 Å². The first-order valence-corrected chi connectivity index (χ1v) is 11.5. The van der Waals surface area contributed by atoms with Crippen LogP contribution in [0.4, 0.5) is 0 Å². The number of Topliss-reactive ketones (excluding diaryl/α,β-unsaturated/α-hetero) is 1. The molecular formula is C27H34N2O4. The summed E-state index contributed by atoms with van der Waals surface area (Å²) in [6.07, 6.45) is 0.897. The van der Waals surface area contributed by atoms with Gasteiger partial charge < -0.3 is 19.6 Å². The van der Waals surface area contributed by atoms with Gasteiger partial charge >= 0.3 is 0 Å². The summed E-state index contributed by atoms with van der Waals surface area (Å²) in [4.78, 5) is 29.6. The minimum absolute atomic E-state index is 0.123. The molecule has 0 aliphatic carbocycles. The Hall–Kier alpha value is -3.12. The van der Waals surface area contributed by atoms with E-state index in [9.17, 15) is 14.7 Å². The summed E-state index contributed by atoms with van der Waals surface area (Å²) in [5.41, 5.74) is 2.58. The topological polar surface area (TPSA) is 70.1 Å². The molecule has 6 heteroatoms. The molecule has 1 saturated heterocycles. The Balaban J connectivity index is 2.05. The van der Waals surface area contributed by atoms with Gasteiger partial charge in [0.2, 0.25) is 0 Å². The Kier molecular flexibility index (Phi) is 7.92. The molecule has 0 radical (unpaired) electrons. The van der Waals surface area contributed by atoms with Crippen LogP contribution < -0.4 is 4.74 Å². The van der Waals surface area contributed by atoms with E-state index in [-0.39, 0.29) is 11.3 Å². The summed E-state index contributed by atoms with van der Waals surface area (Å²) in [5.74, 6) is -0.344. The number of likely N-dealkylation sites (N-methyl/N-ethyl adjacent to an activating group) is 1. The van der Waals surface area contributed by atoms with Crippen molar-refractivity contribution in [3.8, 4) is 5.75 Å². The molecule has 3 rings (SSSR count). The average molecular weight is 451 g/mol. The second-order valence-electron chi connectivity index (χ2n) is 8.99. The van der Waals surface area contributed by atoms with Crippen LogP contribution in [-0.4, -0.2) is 60.4 Å². The molecule has 0 saturated carbocycles. The van der Waals surface area contributed by atoms with E-state index < -0.39 is 17.7 Å². The van der Waals surface area contributed by atoms with Gasteiger partial charge in [-0.3, -0.25) is 9.59 Å². The molecule has 0 bridgehead atoms. The van der Waals surface area contributed by atoms with Gasteiger partial charge in [0.15, 0.2) is 0 Å². The molecule has 1 N–H and O–H groups in total. The molecule has 0 spiro atoms. The number of ketones is 1. The van der Waals surface area contributed by atoms with Crippen molar-refractivity contribution in [3.05, 3.63) is 70.8 Å². The number of likely N-dealkylation sites (tertiary alicyclic amines) is 1. The first-order chi connectivity index (χ1) is 15.7. The Labute approximate surface area is 196 Å². The van der Waals surface area contributed by atoms with Crippen LogP contribution in [0.25, 0.3) is 5.76 Å². The van der Waals surface area contributed by atoms with Crippen molar-refractivity contribution in [1.82, 2.24) is 9.80 Å². The summed E-state index contributed by atoms with van der Waals surface area (Å²) in [5, 5.41) is 11.2. The minimum atomic E-state index is -0.657. The predicted molar refractivity (Wildman–Crippen MR) is 130 cm³/mol. The van der Waals surface area contributed by atoms with Gasteiger partial charge in [0.1, 0.15) is 11.5 Å². The average Bonchev–Trinajstić information content (AvgIpc) is 3.06. The summed E-state index contributed by atoms with van der Waals surface area (Å²) in [7, 11) is 3.84. The second-order valence-corrected chi connectivity index (χ2v) is 8.99. The SMILES string of the molecule is CCCOc1ccc(/C(O)=C2/C(=O)C(=O)N(CCN(C)C)C2c2ccc(C(C)C)cc2)cc1. The molecule has 6 nitrogen and oxygen atoms in total. The molecular weight excluding hydrogens is 416 g/mol. The Bertz CT molecular complexity index is 1010. The number of ether oxygens (including phenoxy) is 1. The summed E-state index contributed by atoms with van der Waals surface area (Å²) >= 11 is 0. The zero-order valence-electron chi connectivity index (χ0n) is 20.2. The predicted octanol–water partition coefficient (Wildman–Crippen LogP) is 4.58. The van der Waals surface area contributed by atoms with Gasteiger partial charge in [-0.2, -0.15) is 0 Å². The van der Waals surface area contributed by atoms with Crippen molar-refractivity contribution in [3.63, 3.8) is 0 Å². The van der Waals surface area contributed by atoms with E-state index in [2.05, 4.69) is 13.8 Å². The van der Waals surface area contributed by atoms with Crippen molar-refractivity contribution in [2.45, 2.75) is 39.2 Å². The van der Waals surface area contributed by atoms with Crippen molar-refractivity contribution in [2.24, 2.45) is 0 Å². The fourth-order valence-corrected chi connectivity index (χ4v) is 3.91. The molecule has 176 valence electrons. The Morgan fingerprint density at radius 2 is 1.70 bits per heavy atom. The van der Waals surface area contributed by atoms with E-state index in [0.717, 1.165) is 12.0 Å². The standard InChI is InChI=1S/C27H34N2O4/c1-6-17-33-22-13-11-21(12-14-22)25(30)23-24(20-9-7-19(8-10-20)18(2)3)29(16-15-28(4)5)27(32)26(23)31/h7-14,18,24,30H,6,15-17H2,1-5H3/b25-23-. The maximum Gasteiger partial charge on any atom is 0.295 e. The van der Waals surface area contributed by atoms with Crippen LogP contribution in [-0.2, 0) is 9.59 Å². The summed E-state index contributed by atoms with van der Waals surface area (Å²) < 4.78 is 5.61. The highest BCUT2D eigenvalue weighted by Crippen LogP contribution is 2.39. The number of nitrogens with zero attached hydrogens (tertiary/aromatic N) is 2. The molecule has 0 aromatic heterocycles. The van der Waals surface area contributed by atoms with Crippen LogP contribution in [0.1, 0.15) is 55.8 Å². The van der Waals surface area contributed by atoms with Gasteiger partial charge in [-0.25, -0.2) is 0 Å². The third-order valence-corrected chi connectivity index (χ3v) is 5.85. The number of benzene rings is 2. The molecule has 1 atom stereocenters. The minimum Gasteiger partial charge on any atom is -0.507 e. The molecule has 33 heavy (non-hydrogen) atoms. The number of aliphatic hydroxyl groups excluding tert-OH is 1. The van der Waals surface area contributed by atoms with E-state index >= 15 is 0 Å². The molecule has 1 heterocycles. The molecule has 2 aromatic rings. The van der Waals surface area contributed by atoms with Gasteiger partial charge in [0.05, 0.1) is 18.2 Å². The number of amides is 1. The fourth-order valence-electron chi connectivity index (χ4n) is 3.91. The first kappa shape index (κ1) is 24.5. The van der Waals surface area contributed by atoms with Crippen LogP contribution in [0.2, 0.25) is 0 Å². The third-order valence-electron chi connectivity index (χ3n) is 5.85. The number of aliphatic hydroxyl groups is 1. The number of carbonyl (C=O) groups is 2. The third kappa shape index (κ3) is 5.45. The lowest BCUT2D eigenvalue weighted by Gasteiger charge is -2.27. The number of hydrogen-bond donors (Lipinski definition) is 1. The van der Waals surface area contributed by atoms with Crippen molar-refractivity contribution in [2.75, 3.05) is 33.8 Å². The van der Waals surface area contributed by atoms with E-state index in [4.69, 9.17) is 4.74 Å². The Morgan fingerprint density at radius 3 is 2.24 bits per heavy atom. The zero-order chi connectivity index (χ0) is 24.1. The van der Waals surface area contributed by atoms with E-state index in [0.29, 0.717) is 36.9 Å². The monoisotopic (exact) mass is 450 g/mol. The maximum absolute atomic E-state index is 13.1. The van der Waals surface area contributed by atoms with E-state index in [1.165, 1.54) is 5.56 Å². The van der Waals surface area contributed by atoms with Gasteiger partial charge in [0, 0.05) is 18.7 Å². The lowest BCUT2D eigenvalue weighted by atomic mass is 9.93. The van der Waals surface area contributed by atoms with Crippen LogP contribution in [0.5, 0.6) is 5.75 Å². The molecule has 2 aromatic carbocycles. The molecule has 1 fully saturated rings. The number of hydrogen-bond acceptors (Lipinski definition) is 5. The largest absolute Gasteiger partial charge is 0.507 e. The normalized spacial score (nSPS) is 17.9. The maximum atomic E-state index is 13.1. The smallest absolute Gasteiger partial charge is 0.295 e. The van der Waals surface area contributed by atoms with E-state index in [1.807, 2.05) is 50.2 Å². The molecule has 1 unspecified atom stereocenters. The zero-order valence-corrected chi connectivity index (χ0v) is 20.2. The number of carbonyl (C=O) groups excluding carboxylic acids is 2. The highest BCUT2D eigenvalue weighted by atomic mass is 16.5. The van der Waals surface area contributed by atoms with Gasteiger partial charge in [-0.1, -0.05) is 45.0 Å². The summed E-state index contributed by atoms with van der Waals surface area (Å²) in [6.45, 7) is 7.86. The van der Waals surface area contributed by atoms with Crippen molar-refractivity contribution >= 4 is 17.4 Å². The van der Waals surface area contributed by atoms with Crippen molar-refractivity contribution < 1.29 is 19.4 Å². The highest BCUT2D eigenvalue weighted by molar-refractivity contribution is 6.46. The summed E-state index contributed by atoms with van der Waals surface area (Å²) in [6, 6.07) is 14.3. The van der Waals surface area contributed by atoms with E-state index in [1.54, 1.807) is 29.2 Å². The first-order valence-electron chi connectivity index (χ1n) is 11.5. The quantitative estimate of drug-likeness (QED) is 0.344. The van der Waals surface area contributed by atoms with Crippen LogP contribution in [0.3, 0.4) is 0 Å². The second kappa shape index (κ2) is 10.7. The fraction of sp³-hybridized carbons (Fsp3) is 0.407. The Morgan fingerprint density at radius 1 is 1.06 bits per heavy atom. The van der Waals surface area contributed by atoms with Crippen LogP contribution >= 0.6 is 0 Å². The molecule has 1 aliphatic rings. The van der Waals surface area contributed by atoms with Crippen LogP contribution in [0, 0.1) is 0 Å². The lowest BCUT2D eigenvalue weighted by Crippen LogP contribution is -2.35. The highest BCUT2D eigenvalue weighted by Gasteiger charge is 2.45. The van der Waals surface area contributed by atoms with Gasteiger partial charge in [-0.05, 0) is 61.8 Å².